The van der Waals surface area contributed by atoms with E-state index in [1.54, 1.807) is 25.1 Å². The van der Waals surface area contributed by atoms with Crippen LogP contribution in [0.5, 0.6) is 11.5 Å². The van der Waals surface area contributed by atoms with Gasteiger partial charge < -0.3 is 19.5 Å². The molecule has 0 aliphatic carbocycles. The van der Waals surface area contributed by atoms with Crippen molar-refractivity contribution in [1.29, 1.82) is 0 Å². The number of anilines is 1. The molecule has 2 aliphatic rings. The molecule has 1 aromatic carbocycles. The molecule has 1 N–H and O–H groups in total. The fourth-order valence-electron chi connectivity index (χ4n) is 2.23. The van der Waals surface area contributed by atoms with Crippen molar-refractivity contribution in [3.05, 3.63) is 23.3 Å². The normalized spacial score (nSPS) is 18.6. The highest BCUT2D eigenvalue weighted by Crippen LogP contribution is 2.40. The zero-order valence-corrected chi connectivity index (χ0v) is 10.8. The van der Waals surface area contributed by atoms with Crippen molar-refractivity contribution in [3.63, 3.8) is 0 Å². The summed E-state index contributed by atoms with van der Waals surface area (Å²) < 4.78 is 15.5. The van der Waals surface area contributed by atoms with Crippen molar-refractivity contribution in [3.8, 4) is 11.5 Å². The van der Waals surface area contributed by atoms with Crippen molar-refractivity contribution >= 4 is 24.0 Å². The number of hydrogen-bond donors (Lipinski definition) is 1. The second-order valence-corrected chi connectivity index (χ2v) is 4.38. The number of aldehydes is 1. The summed E-state index contributed by atoms with van der Waals surface area (Å²) in [5.41, 5.74) is 1.81. The third kappa shape index (κ3) is 1.99. The maximum absolute atomic E-state index is 11.9. The van der Waals surface area contributed by atoms with Gasteiger partial charge in [0, 0.05) is 22.9 Å². The van der Waals surface area contributed by atoms with Crippen LogP contribution in [0.15, 0.2) is 17.7 Å². The molecule has 1 aromatic rings. The highest BCUT2D eigenvalue weighted by atomic mass is 16.7. The van der Waals surface area contributed by atoms with E-state index in [9.17, 15) is 9.59 Å². The molecule has 0 unspecified atom stereocenters. The van der Waals surface area contributed by atoms with E-state index in [0.717, 1.165) is 5.56 Å². The van der Waals surface area contributed by atoms with E-state index in [1.165, 1.54) is 0 Å². The van der Waals surface area contributed by atoms with Crippen molar-refractivity contribution in [1.82, 2.24) is 0 Å². The van der Waals surface area contributed by atoms with Gasteiger partial charge in [-0.3, -0.25) is 4.79 Å². The van der Waals surface area contributed by atoms with Gasteiger partial charge in [0.25, 0.3) is 0 Å². The number of hydrogen-bond acceptors (Lipinski definition) is 6. The van der Waals surface area contributed by atoms with Crippen LogP contribution < -0.4 is 14.8 Å². The summed E-state index contributed by atoms with van der Waals surface area (Å²) in [5, 5.41) is 3.00. The number of carbonyl (C=O) groups is 2. The van der Waals surface area contributed by atoms with Crippen LogP contribution in [0.2, 0.25) is 0 Å². The van der Waals surface area contributed by atoms with Crippen molar-refractivity contribution in [2.24, 2.45) is 0 Å². The molecular weight excluding hydrogens is 262 g/mol. The highest BCUT2D eigenvalue weighted by molar-refractivity contribution is 6.00. The van der Waals surface area contributed by atoms with Gasteiger partial charge in [-0.2, -0.15) is 0 Å². The summed E-state index contributed by atoms with van der Waals surface area (Å²) in [6.45, 7) is 2.15. The molecule has 0 aromatic heterocycles. The van der Waals surface area contributed by atoms with Crippen molar-refractivity contribution in [2.45, 2.75) is 13.0 Å². The second kappa shape index (κ2) is 4.88. The van der Waals surface area contributed by atoms with Crippen LogP contribution in [-0.2, 0) is 14.3 Å². The average molecular weight is 275 g/mol. The van der Waals surface area contributed by atoms with Crippen LogP contribution >= 0.6 is 0 Å². The zero-order chi connectivity index (χ0) is 14.1. The maximum Gasteiger partial charge on any atom is 0.333 e. The van der Waals surface area contributed by atoms with Gasteiger partial charge >= 0.3 is 5.97 Å². The fourth-order valence-corrected chi connectivity index (χ4v) is 2.23. The Hall–Kier alpha value is -2.50. The molecule has 20 heavy (non-hydrogen) atoms. The van der Waals surface area contributed by atoms with Crippen LogP contribution in [-0.4, -0.2) is 31.7 Å². The SMILES string of the molecule is CCOC(=O)[C@H]1Nc2cc3c(cc2C=C1C=O)OCO3. The minimum Gasteiger partial charge on any atom is -0.464 e. The lowest BCUT2D eigenvalue weighted by Crippen LogP contribution is -2.35. The van der Waals surface area contributed by atoms with Gasteiger partial charge in [-0.15, -0.1) is 0 Å². The molecule has 3 rings (SSSR count). The van der Waals surface area contributed by atoms with Gasteiger partial charge in [-0.1, -0.05) is 0 Å². The number of benzene rings is 1. The molecule has 6 heteroatoms. The Labute approximate surface area is 115 Å². The molecule has 0 radical (unpaired) electrons. The summed E-state index contributed by atoms with van der Waals surface area (Å²) in [4.78, 5) is 23.0. The minimum absolute atomic E-state index is 0.170. The zero-order valence-electron chi connectivity index (χ0n) is 10.8. The first-order valence-corrected chi connectivity index (χ1v) is 6.26. The van der Waals surface area contributed by atoms with E-state index in [4.69, 9.17) is 14.2 Å². The van der Waals surface area contributed by atoms with Crippen LogP contribution in [0.3, 0.4) is 0 Å². The largest absolute Gasteiger partial charge is 0.464 e. The smallest absolute Gasteiger partial charge is 0.333 e. The molecule has 6 nitrogen and oxygen atoms in total. The highest BCUT2D eigenvalue weighted by Gasteiger charge is 2.29. The van der Waals surface area contributed by atoms with Gasteiger partial charge in [0.1, 0.15) is 6.29 Å². The van der Waals surface area contributed by atoms with Gasteiger partial charge in [-0.05, 0) is 19.1 Å². The summed E-state index contributed by atoms with van der Waals surface area (Å²) in [6, 6.07) is 2.73. The Balaban J connectivity index is 1.99. The van der Waals surface area contributed by atoms with E-state index in [1.807, 2.05) is 0 Å². The number of esters is 1. The summed E-state index contributed by atoms with van der Waals surface area (Å²) in [5.74, 6) is 0.762. The minimum atomic E-state index is -0.791. The average Bonchev–Trinajstić information content (AvgIpc) is 2.90. The lowest BCUT2D eigenvalue weighted by Gasteiger charge is -2.24. The Kier molecular flexibility index (Phi) is 3.06. The molecule has 2 heterocycles. The predicted octanol–water partition coefficient (Wildman–Crippen LogP) is 1.35. The summed E-state index contributed by atoms with van der Waals surface area (Å²) in [7, 11) is 0. The van der Waals surface area contributed by atoms with Crippen LogP contribution in [0.1, 0.15) is 12.5 Å². The molecule has 1 atom stereocenters. The van der Waals surface area contributed by atoms with Crippen LogP contribution in [0.25, 0.3) is 6.08 Å². The second-order valence-electron chi connectivity index (χ2n) is 4.38. The Morgan fingerprint density at radius 2 is 2.20 bits per heavy atom. The molecule has 0 amide bonds. The van der Waals surface area contributed by atoms with Crippen LogP contribution in [0.4, 0.5) is 5.69 Å². The number of carbonyl (C=O) groups excluding carboxylic acids is 2. The van der Waals surface area contributed by atoms with Gasteiger partial charge in [0.05, 0.1) is 6.61 Å². The van der Waals surface area contributed by atoms with E-state index in [0.29, 0.717) is 29.0 Å². The maximum atomic E-state index is 11.9. The van der Waals surface area contributed by atoms with E-state index in [2.05, 4.69) is 5.32 Å². The predicted molar refractivity (Wildman–Crippen MR) is 70.6 cm³/mol. The molecule has 0 spiro atoms. The van der Waals surface area contributed by atoms with Gasteiger partial charge in [0.2, 0.25) is 6.79 Å². The number of rotatable bonds is 3. The third-order valence-electron chi connectivity index (χ3n) is 3.16. The topological polar surface area (TPSA) is 73.9 Å². The number of fused-ring (bicyclic) bond motifs is 2. The number of ether oxygens (including phenoxy) is 3. The lowest BCUT2D eigenvalue weighted by atomic mass is 9.98. The summed E-state index contributed by atoms with van der Waals surface area (Å²) >= 11 is 0. The molecule has 104 valence electrons. The van der Waals surface area contributed by atoms with Crippen LogP contribution in [0, 0.1) is 0 Å². The molecular formula is C14H13NO5. The third-order valence-corrected chi connectivity index (χ3v) is 3.16. The Bertz CT molecular complexity index is 608. The first-order chi connectivity index (χ1) is 9.72. The lowest BCUT2D eigenvalue weighted by molar-refractivity contribution is -0.143. The van der Waals surface area contributed by atoms with E-state index < -0.39 is 12.0 Å². The number of nitrogens with one attached hydrogen (secondary N) is 1. The fraction of sp³-hybridized carbons (Fsp3) is 0.286. The van der Waals surface area contributed by atoms with Gasteiger partial charge in [-0.25, -0.2) is 4.79 Å². The Morgan fingerprint density at radius 3 is 2.90 bits per heavy atom. The standard InChI is InChI=1S/C14H13NO5/c1-2-18-14(17)13-9(6-16)3-8-4-11-12(20-7-19-11)5-10(8)15-13/h3-6,13,15H,2,7H2,1H3/t13-/m0/s1. The summed E-state index contributed by atoms with van der Waals surface area (Å²) in [6.07, 6.45) is 2.31. The quantitative estimate of drug-likeness (QED) is 0.663. The molecule has 0 saturated heterocycles. The first kappa shape index (κ1) is 12.5. The molecule has 0 fully saturated rings. The molecule has 0 saturated carbocycles. The Morgan fingerprint density at radius 1 is 1.45 bits per heavy atom. The first-order valence-electron chi connectivity index (χ1n) is 6.26. The van der Waals surface area contributed by atoms with E-state index >= 15 is 0 Å². The monoisotopic (exact) mass is 275 g/mol. The van der Waals surface area contributed by atoms with Crippen molar-refractivity contribution < 1.29 is 23.8 Å². The molecule has 0 bridgehead atoms. The molecule has 2 aliphatic heterocycles. The van der Waals surface area contributed by atoms with E-state index in [-0.39, 0.29) is 13.4 Å². The van der Waals surface area contributed by atoms with Gasteiger partial charge in [0.15, 0.2) is 17.5 Å². The van der Waals surface area contributed by atoms with Crippen molar-refractivity contribution in [2.75, 3.05) is 18.7 Å².